The molecule has 0 aromatic heterocycles. The van der Waals surface area contributed by atoms with E-state index in [0.717, 1.165) is 12.2 Å². The lowest BCUT2D eigenvalue weighted by molar-refractivity contribution is -0.137. The van der Waals surface area contributed by atoms with Crippen molar-refractivity contribution in [2.75, 3.05) is 24.7 Å². The molecule has 1 atom stereocenters. The number of hydrogen-bond donors (Lipinski definition) is 1. The van der Waals surface area contributed by atoms with Crippen molar-refractivity contribution in [1.29, 1.82) is 0 Å². The van der Waals surface area contributed by atoms with Crippen molar-refractivity contribution in [3.05, 3.63) is 29.3 Å². The molecule has 1 aliphatic heterocycles. The quantitative estimate of drug-likeness (QED) is 0.912. The first-order valence-electron chi connectivity index (χ1n) is 5.98. The molecular weight excluding hydrogens is 254 g/mol. The van der Waals surface area contributed by atoms with Gasteiger partial charge >= 0.3 is 5.97 Å². The summed E-state index contributed by atoms with van der Waals surface area (Å²) in [7, 11) is 0. The van der Waals surface area contributed by atoms with Gasteiger partial charge in [0.25, 0.3) is 0 Å². The highest BCUT2D eigenvalue weighted by atomic mass is 35.5. The number of carbonyl (C=O) groups is 1. The molecule has 2 rings (SSSR count). The second-order valence-electron chi connectivity index (χ2n) is 4.33. The van der Waals surface area contributed by atoms with Gasteiger partial charge in [-0.05, 0) is 24.6 Å². The van der Waals surface area contributed by atoms with Gasteiger partial charge in [0.15, 0.2) is 0 Å². The van der Waals surface area contributed by atoms with Gasteiger partial charge in [-0.15, -0.1) is 0 Å². The number of carboxylic acids is 1. The van der Waals surface area contributed by atoms with E-state index in [-0.39, 0.29) is 12.5 Å². The molecule has 0 aliphatic carbocycles. The van der Waals surface area contributed by atoms with Crippen molar-refractivity contribution < 1.29 is 14.6 Å². The molecule has 1 aromatic carbocycles. The molecule has 18 heavy (non-hydrogen) atoms. The van der Waals surface area contributed by atoms with Gasteiger partial charge in [-0.1, -0.05) is 17.7 Å². The molecule has 4 nitrogen and oxygen atoms in total. The van der Waals surface area contributed by atoms with Crippen molar-refractivity contribution in [2.24, 2.45) is 0 Å². The van der Waals surface area contributed by atoms with Gasteiger partial charge in [0, 0.05) is 23.7 Å². The molecule has 1 fully saturated rings. The Morgan fingerprint density at radius 1 is 1.56 bits per heavy atom. The van der Waals surface area contributed by atoms with Gasteiger partial charge in [0.2, 0.25) is 0 Å². The van der Waals surface area contributed by atoms with Crippen molar-refractivity contribution >= 4 is 23.3 Å². The van der Waals surface area contributed by atoms with E-state index < -0.39 is 5.97 Å². The molecule has 0 amide bonds. The number of ether oxygens (including phenoxy) is 1. The van der Waals surface area contributed by atoms with Gasteiger partial charge in [-0.3, -0.25) is 4.79 Å². The molecule has 5 heteroatoms. The number of rotatable bonds is 4. The molecular formula is C13H16ClNO3. The monoisotopic (exact) mass is 269 g/mol. The molecule has 1 unspecified atom stereocenters. The van der Waals surface area contributed by atoms with Crippen molar-refractivity contribution in [3.63, 3.8) is 0 Å². The highest BCUT2D eigenvalue weighted by molar-refractivity contribution is 6.30. The Morgan fingerprint density at radius 3 is 3.11 bits per heavy atom. The highest BCUT2D eigenvalue weighted by Gasteiger charge is 2.23. The maximum absolute atomic E-state index is 10.7. The van der Waals surface area contributed by atoms with Crippen LogP contribution >= 0.6 is 11.6 Å². The minimum atomic E-state index is -0.772. The molecule has 1 N–H and O–H groups in total. The van der Waals surface area contributed by atoms with Gasteiger partial charge in [-0.2, -0.15) is 0 Å². The Morgan fingerprint density at radius 2 is 2.39 bits per heavy atom. The van der Waals surface area contributed by atoms with Crippen LogP contribution in [-0.4, -0.2) is 36.9 Å². The van der Waals surface area contributed by atoms with Crippen LogP contribution in [0.3, 0.4) is 0 Å². The number of hydrogen-bond acceptors (Lipinski definition) is 3. The second-order valence-corrected chi connectivity index (χ2v) is 4.77. The third kappa shape index (κ3) is 3.37. The minimum Gasteiger partial charge on any atom is -0.481 e. The van der Waals surface area contributed by atoms with Crippen LogP contribution in [0.5, 0.6) is 0 Å². The van der Waals surface area contributed by atoms with Crippen LogP contribution in [0.15, 0.2) is 24.3 Å². The number of nitrogens with zero attached hydrogens (tertiary/aromatic N) is 1. The summed E-state index contributed by atoms with van der Waals surface area (Å²) >= 11 is 5.99. The van der Waals surface area contributed by atoms with Crippen molar-refractivity contribution in [2.45, 2.75) is 18.9 Å². The average molecular weight is 270 g/mol. The largest absolute Gasteiger partial charge is 0.481 e. The third-order valence-corrected chi connectivity index (χ3v) is 3.29. The lowest BCUT2D eigenvalue weighted by atomic mass is 10.1. The van der Waals surface area contributed by atoms with E-state index in [2.05, 4.69) is 4.90 Å². The number of benzene rings is 1. The van der Waals surface area contributed by atoms with Crippen LogP contribution in [0.2, 0.25) is 5.02 Å². The summed E-state index contributed by atoms with van der Waals surface area (Å²) in [5, 5.41) is 9.46. The van der Waals surface area contributed by atoms with E-state index in [9.17, 15) is 4.79 Å². The molecule has 98 valence electrons. The zero-order valence-electron chi connectivity index (χ0n) is 10.0. The summed E-state index contributed by atoms with van der Waals surface area (Å²) in [6.45, 7) is 2.00. The van der Waals surface area contributed by atoms with Crippen LogP contribution < -0.4 is 4.90 Å². The van der Waals surface area contributed by atoms with E-state index in [0.29, 0.717) is 24.7 Å². The van der Waals surface area contributed by atoms with Crippen molar-refractivity contribution in [3.8, 4) is 0 Å². The molecule has 0 saturated carbocycles. The van der Waals surface area contributed by atoms with Crippen LogP contribution in [0, 0.1) is 0 Å². The fourth-order valence-corrected chi connectivity index (χ4v) is 2.36. The molecule has 1 heterocycles. The smallest absolute Gasteiger partial charge is 0.303 e. The molecule has 0 spiro atoms. The van der Waals surface area contributed by atoms with E-state index in [1.165, 1.54) is 0 Å². The lowest BCUT2D eigenvalue weighted by Gasteiger charge is -2.37. The second kappa shape index (κ2) is 6.07. The highest BCUT2D eigenvalue weighted by Crippen LogP contribution is 2.24. The van der Waals surface area contributed by atoms with Gasteiger partial charge in [-0.25, -0.2) is 0 Å². The molecule has 1 aliphatic rings. The molecule has 0 radical (unpaired) electrons. The first-order chi connectivity index (χ1) is 8.66. The standard InChI is InChI=1S/C13H16ClNO3/c14-10-2-1-3-11(8-10)15-6-7-18-9-12(15)4-5-13(16)17/h1-3,8,12H,4-7,9H2,(H,16,17). The Bertz CT molecular complexity index is 424. The minimum absolute atomic E-state index is 0.105. The molecule has 1 aromatic rings. The Kier molecular flexibility index (Phi) is 4.44. The maximum Gasteiger partial charge on any atom is 0.303 e. The number of morpholine rings is 1. The van der Waals surface area contributed by atoms with Gasteiger partial charge in [0.1, 0.15) is 0 Å². The van der Waals surface area contributed by atoms with E-state index >= 15 is 0 Å². The van der Waals surface area contributed by atoms with E-state index in [1.54, 1.807) is 0 Å². The summed E-state index contributed by atoms with van der Waals surface area (Å²) in [5.41, 5.74) is 1.03. The SMILES string of the molecule is O=C(O)CCC1COCCN1c1cccc(Cl)c1. The predicted molar refractivity (Wildman–Crippen MR) is 70.3 cm³/mol. The summed E-state index contributed by atoms with van der Waals surface area (Å²) in [5.74, 6) is -0.772. The molecule has 0 bridgehead atoms. The Hall–Kier alpha value is -1.26. The third-order valence-electron chi connectivity index (χ3n) is 3.06. The zero-order valence-corrected chi connectivity index (χ0v) is 10.8. The number of aliphatic carboxylic acids is 1. The lowest BCUT2D eigenvalue weighted by Crippen LogP contribution is -2.45. The first-order valence-corrected chi connectivity index (χ1v) is 6.36. The van der Waals surface area contributed by atoms with Crippen LogP contribution in [0.1, 0.15) is 12.8 Å². The number of carboxylic acid groups (broad SMARTS) is 1. The topological polar surface area (TPSA) is 49.8 Å². The molecule has 1 saturated heterocycles. The maximum atomic E-state index is 10.7. The van der Waals surface area contributed by atoms with Crippen LogP contribution in [0.25, 0.3) is 0 Å². The van der Waals surface area contributed by atoms with Crippen molar-refractivity contribution in [1.82, 2.24) is 0 Å². The van der Waals surface area contributed by atoms with Gasteiger partial charge < -0.3 is 14.7 Å². The summed E-state index contributed by atoms with van der Waals surface area (Å²) in [4.78, 5) is 12.8. The van der Waals surface area contributed by atoms with E-state index in [4.69, 9.17) is 21.4 Å². The fourth-order valence-electron chi connectivity index (χ4n) is 2.18. The normalized spacial score (nSPS) is 19.8. The number of anilines is 1. The summed E-state index contributed by atoms with van der Waals surface area (Å²) in [6, 6.07) is 7.73. The summed E-state index contributed by atoms with van der Waals surface area (Å²) in [6.07, 6.45) is 0.743. The van der Waals surface area contributed by atoms with Crippen LogP contribution in [-0.2, 0) is 9.53 Å². The van der Waals surface area contributed by atoms with Gasteiger partial charge in [0.05, 0.1) is 19.3 Å². The fraction of sp³-hybridized carbons (Fsp3) is 0.462. The zero-order chi connectivity index (χ0) is 13.0. The average Bonchev–Trinajstić information content (AvgIpc) is 2.36. The predicted octanol–water partition coefficient (Wildman–Crippen LogP) is 2.41. The number of halogens is 1. The first kappa shape index (κ1) is 13.2. The Balaban J connectivity index is 2.09. The van der Waals surface area contributed by atoms with Crippen LogP contribution in [0.4, 0.5) is 5.69 Å². The van der Waals surface area contributed by atoms with E-state index in [1.807, 2.05) is 24.3 Å². The Labute approximate surface area is 111 Å². The summed E-state index contributed by atoms with van der Waals surface area (Å²) < 4.78 is 5.43.